The van der Waals surface area contributed by atoms with E-state index in [1.54, 1.807) is 19.5 Å². The lowest BCUT2D eigenvalue weighted by molar-refractivity contribution is 0.410. The summed E-state index contributed by atoms with van der Waals surface area (Å²) in [5, 5.41) is 0. The van der Waals surface area contributed by atoms with Gasteiger partial charge in [-0.05, 0) is 54.7 Å². The highest BCUT2D eigenvalue weighted by Gasteiger charge is 2.09. The summed E-state index contributed by atoms with van der Waals surface area (Å²) in [6.45, 7) is 6.35. The Hall–Kier alpha value is -0.550. The SMILES string of the molecule is COc1cnc(C=NSC(C)(C)C)cc1Br. The molecule has 0 aliphatic rings. The Morgan fingerprint density at radius 1 is 1.50 bits per heavy atom. The molecule has 0 spiro atoms. The van der Waals surface area contributed by atoms with Crippen molar-refractivity contribution in [2.45, 2.75) is 25.5 Å². The second-order valence-corrected chi connectivity index (χ2v) is 6.65. The van der Waals surface area contributed by atoms with Crippen LogP contribution in [0.15, 0.2) is 21.1 Å². The number of ether oxygens (including phenoxy) is 1. The zero-order valence-electron chi connectivity index (χ0n) is 9.82. The van der Waals surface area contributed by atoms with Gasteiger partial charge in [0.25, 0.3) is 0 Å². The van der Waals surface area contributed by atoms with Gasteiger partial charge in [-0.15, -0.1) is 0 Å². The fourth-order valence-electron chi connectivity index (χ4n) is 0.892. The summed E-state index contributed by atoms with van der Waals surface area (Å²) >= 11 is 4.93. The van der Waals surface area contributed by atoms with Gasteiger partial charge in [0.05, 0.1) is 29.7 Å². The number of nitrogens with zero attached hydrogens (tertiary/aromatic N) is 2. The van der Waals surface area contributed by atoms with E-state index in [-0.39, 0.29) is 4.75 Å². The van der Waals surface area contributed by atoms with Gasteiger partial charge < -0.3 is 4.74 Å². The molecule has 16 heavy (non-hydrogen) atoms. The van der Waals surface area contributed by atoms with Gasteiger partial charge >= 0.3 is 0 Å². The van der Waals surface area contributed by atoms with E-state index in [2.05, 4.69) is 46.1 Å². The first-order valence-corrected chi connectivity index (χ1v) is 6.40. The fourth-order valence-corrected chi connectivity index (χ4v) is 1.87. The van der Waals surface area contributed by atoms with E-state index in [9.17, 15) is 0 Å². The summed E-state index contributed by atoms with van der Waals surface area (Å²) in [5.41, 5.74) is 0.810. The zero-order chi connectivity index (χ0) is 12.2. The Morgan fingerprint density at radius 2 is 2.19 bits per heavy atom. The predicted octanol–water partition coefficient (Wildman–Crippen LogP) is 3.72. The highest BCUT2D eigenvalue weighted by atomic mass is 79.9. The fraction of sp³-hybridized carbons (Fsp3) is 0.455. The van der Waals surface area contributed by atoms with Gasteiger partial charge in [0, 0.05) is 4.75 Å². The van der Waals surface area contributed by atoms with Crippen molar-refractivity contribution in [3.05, 3.63) is 22.4 Å². The molecule has 1 rings (SSSR count). The third-order valence-electron chi connectivity index (χ3n) is 1.57. The van der Waals surface area contributed by atoms with E-state index in [0.717, 1.165) is 15.9 Å². The average Bonchev–Trinajstić information content (AvgIpc) is 2.16. The van der Waals surface area contributed by atoms with Gasteiger partial charge in [0.1, 0.15) is 0 Å². The average molecular weight is 303 g/mol. The molecule has 0 aliphatic carbocycles. The monoisotopic (exact) mass is 302 g/mol. The highest BCUT2D eigenvalue weighted by Crippen LogP contribution is 2.25. The van der Waals surface area contributed by atoms with E-state index >= 15 is 0 Å². The maximum absolute atomic E-state index is 5.10. The van der Waals surface area contributed by atoms with Crippen LogP contribution in [0, 0.1) is 0 Å². The van der Waals surface area contributed by atoms with Crippen LogP contribution in [0.25, 0.3) is 0 Å². The molecule has 0 atom stereocenters. The number of halogens is 1. The predicted molar refractivity (Wildman–Crippen MR) is 73.4 cm³/mol. The lowest BCUT2D eigenvalue weighted by Gasteiger charge is -2.12. The molecule has 0 fully saturated rings. The van der Waals surface area contributed by atoms with Crippen LogP contribution in [0.5, 0.6) is 5.75 Å². The van der Waals surface area contributed by atoms with Gasteiger partial charge in [-0.25, -0.2) is 4.40 Å². The van der Waals surface area contributed by atoms with Crippen molar-refractivity contribution in [1.82, 2.24) is 4.98 Å². The van der Waals surface area contributed by atoms with Gasteiger partial charge in [-0.3, -0.25) is 4.98 Å². The molecule has 0 N–H and O–H groups in total. The Kier molecular flexibility index (Phi) is 4.80. The molecule has 88 valence electrons. The first-order chi connectivity index (χ1) is 7.42. The number of rotatable bonds is 3. The molecular weight excluding hydrogens is 288 g/mol. The van der Waals surface area contributed by atoms with Crippen molar-refractivity contribution in [2.75, 3.05) is 7.11 Å². The third-order valence-corrected chi connectivity index (χ3v) is 2.95. The minimum atomic E-state index is 0.125. The molecule has 1 heterocycles. The number of pyridine rings is 1. The number of hydrogen-bond donors (Lipinski definition) is 0. The van der Waals surface area contributed by atoms with Crippen molar-refractivity contribution in [1.29, 1.82) is 0 Å². The van der Waals surface area contributed by atoms with Gasteiger partial charge in [0.2, 0.25) is 0 Å². The molecule has 0 saturated heterocycles. The first-order valence-electron chi connectivity index (χ1n) is 4.83. The Labute approximate surface area is 109 Å². The molecule has 5 heteroatoms. The third kappa shape index (κ3) is 4.53. The summed E-state index contributed by atoms with van der Waals surface area (Å²) in [6, 6.07) is 1.88. The standard InChI is InChI=1S/C11H15BrN2OS/c1-11(2,3)16-14-6-8-5-9(12)10(15-4)7-13-8/h5-7H,1-4H3. The molecular formula is C11H15BrN2OS. The molecule has 0 aliphatic heterocycles. The molecule has 0 saturated carbocycles. The van der Waals surface area contributed by atoms with E-state index in [4.69, 9.17) is 4.74 Å². The smallest absolute Gasteiger partial charge is 0.151 e. The van der Waals surface area contributed by atoms with Crippen molar-refractivity contribution in [3.63, 3.8) is 0 Å². The molecule has 3 nitrogen and oxygen atoms in total. The lowest BCUT2D eigenvalue weighted by atomic mass is 10.3. The lowest BCUT2D eigenvalue weighted by Crippen LogP contribution is -2.05. The van der Waals surface area contributed by atoms with Crippen LogP contribution in [0.1, 0.15) is 26.5 Å². The quantitative estimate of drug-likeness (QED) is 0.630. The minimum absolute atomic E-state index is 0.125. The van der Waals surface area contributed by atoms with Crippen molar-refractivity contribution in [3.8, 4) is 5.75 Å². The summed E-state index contributed by atoms with van der Waals surface area (Å²) in [6.07, 6.45) is 3.42. The second-order valence-electron chi connectivity index (χ2n) is 4.18. The summed E-state index contributed by atoms with van der Waals surface area (Å²) in [4.78, 5) is 4.21. The van der Waals surface area contributed by atoms with E-state index in [1.165, 1.54) is 11.9 Å². The van der Waals surface area contributed by atoms with Crippen LogP contribution in [-0.2, 0) is 0 Å². The maximum Gasteiger partial charge on any atom is 0.151 e. The van der Waals surface area contributed by atoms with Crippen LogP contribution < -0.4 is 4.74 Å². The zero-order valence-corrected chi connectivity index (χ0v) is 12.2. The van der Waals surface area contributed by atoms with Crippen LogP contribution in [0.2, 0.25) is 0 Å². The molecule has 1 aromatic rings. The highest BCUT2D eigenvalue weighted by molar-refractivity contribution is 9.10. The summed E-state index contributed by atoms with van der Waals surface area (Å²) in [5.74, 6) is 0.723. The normalized spacial score (nSPS) is 12.1. The van der Waals surface area contributed by atoms with Crippen molar-refractivity contribution >= 4 is 34.1 Å². The van der Waals surface area contributed by atoms with Gasteiger partial charge in [-0.1, -0.05) is 0 Å². The molecule has 0 radical (unpaired) electrons. The largest absolute Gasteiger partial charge is 0.494 e. The van der Waals surface area contributed by atoms with Gasteiger partial charge in [0.15, 0.2) is 5.75 Å². The van der Waals surface area contributed by atoms with Crippen LogP contribution in [0.4, 0.5) is 0 Å². The van der Waals surface area contributed by atoms with Crippen LogP contribution in [-0.4, -0.2) is 23.1 Å². The second kappa shape index (κ2) is 5.68. The summed E-state index contributed by atoms with van der Waals surface area (Å²) < 4.78 is 10.4. The Balaban J connectivity index is 2.72. The van der Waals surface area contributed by atoms with Crippen molar-refractivity contribution in [2.24, 2.45) is 4.40 Å². The summed E-state index contributed by atoms with van der Waals surface area (Å²) in [7, 11) is 1.62. The topological polar surface area (TPSA) is 34.5 Å². The molecule has 0 aromatic carbocycles. The van der Waals surface area contributed by atoms with Gasteiger partial charge in [-0.2, -0.15) is 0 Å². The minimum Gasteiger partial charge on any atom is -0.494 e. The number of aromatic nitrogens is 1. The maximum atomic E-state index is 5.10. The Morgan fingerprint density at radius 3 is 2.69 bits per heavy atom. The number of methoxy groups -OCH3 is 1. The van der Waals surface area contributed by atoms with E-state index < -0.39 is 0 Å². The van der Waals surface area contributed by atoms with E-state index in [0.29, 0.717) is 0 Å². The molecule has 0 unspecified atom stereocenters. The molecule has 1 aromatic heterocycles. The molecule has 0 amide bonds. The first kappa shape index (κ1) is 13.5. The van der Waals surface area contributed by atoms with Crippen LogP contribution in [0.3, 0.4) is 0 Å². The Bertz CT molecular complexity index is 388. The molecule has 0 bridgehead atoms. The van der Waals surface area contributed by atoms with Crippen molar-refractivity contribution < 1.29 is 4.74 Å². The van der Waals surface area contributed by atoms with Crippen LogP contribution >= 0.6 is 27.9 Å². The van der Waals surface area contributed by atoms with E-state index in [1.807, 2.05) is 6.07 Å². The number of hydrogen-bond acceptors (Lipinski definition) is 4.